The molecule has 6 N–H and O–H groups in total. The van der Waals surface area contributed by atoms with Crippen molar-refractivity contribution in [2.75, 3.05) is 19.8 Å². The number of aliphatic hydroxyl groups is 3. The molecule has 0 heterocycles. The molecule has 9 nitrogen and oxygen atoms in total. The first-order chi connectivity index (χ1) is 11.5. The number of aliphatic carboxylic acids is 3. The van der Waals surface area contributed by atoms with Crippen LogP contribution in [-0.4, -0.2) is 68.4 Å². The lowest BCUT2D eigenvalue weighted by Gasteiger charge is -2.20. The lowest BCUT2D eigenvalue weighted by molar-refractivity contribution is -0.132. The Bertz CT molecular complexity index is 321. The molecular weight excluding hydrogens is 336 g/mol. The second-order valence-electron chi connectivity index (χ2n) is 3.91. The van der Waals surface area contributed by atoms with Crippen LogP contribution in [0.3, 0.4) is 0 Å². The van der Waals surface area contributed by atoms with E-state index in [1.165, 1.54) is 0 Å². The van der Waals surface area contributed by atoms with Crippen molar-refractivity contribution in [3.8, 4) is 0 Å². The van der Waals surface area contributed by atoms with Gasteiger partial charge in [-0.15, -0.1) is 0 Å². The molecule has 25 heavy (non-hydrogen) atoms. The van der Waals surface area contributed by atoms with Crippen molar-refractivity contribution in [1.82, 2.24) is 0 Å². The molecule has 9 heteroatoms. The molecule has 0 rings (SSSR count). The molecule has 0 aliphatic rings. The summed E-state index contributed by atoms with van der Waals surface area (Å²) in [6, 6.07) is 0. The van der Waals surface area contributed by atoms with Crippen LogP contribution in [0.5, 0.6) is 0 Å². The summed E-state index contributed by atoms with van der Waals surface area (Å²) in [5, 5.41) is 48.2. The van der Waals surface area contributed by atoms with Gasteiger partial charge in [-0.25, -0.2) is 14.4 Å². The zero-order valence-electron chi connectivity index (χ0n) is 14.9. The van der Waals surface area contributed by atoms with Crippen molar-refractivity contribution < 1.29 is 45.0 Å². The summed E-state index contributed by atoms with van der Waals surface area (Å²) in [7, 11) is 0. The fourth-order valence-corrected chi connectivity index (χ4v) is 0.150. The summed E-state index contributed by atoms with van der Waals surface area (Å²) in [5.41, 5.74) is -0.708. The van der Waals surface area contributed by atoms with E-state index in [2.05, 4.69) is 19.7 Å². The minimum absolute atomic E-state index is 0.181. The smallest absolute Gasteiger partial charge is 0.327 e. The normalized spacial score (nSPS) is 7.92. The van der Waals surface area contributed by atoms with Crippen LogP contribution in [0, 0.1) is 5.41 Å². The van der Waals surface area contributed by atoms with Gasteiger partial charge in [-0.05, 0) is 0 Å². The Labute approximate surface area is 147 Å². The molecule has 0 spiro atoms. The van der Waals surface area contributed by atoms with Gasteiger partial charge in [0.1, 0.15) is 0 Å². The molecule has 0 radical (unpaired) electrons. The molecule has 0 aliphatic carbocycles. The average Bonchev–Trinajstić information content (AvgIpc) is 2.63. The quantitative estimate of drug-likeness (QED) is 0.371. The van der Waals surface area contributed by atoms with Crippen LogP contribution in [0.15, 0.2) is 38.0 Å². The van der Waals surface area contributed by atoms with Gasteiger partial charge in [0, 0.05) is 23.6 Å². The van der Waals surface area contributed by atoms with Gasteiger partial charge in [-0.3, -0.25) is 0 Å². The van der Waals surface area contributed by atoms with E-state index in [4.69, 9.17) is 30.6 Å². The first kappa shape index (κ1) is 34.0. The van der Waals surface area contributed by atoms with Gasteiger partial charge in [0.25, 0.3) is 0 Å². The monoisotopic (exact) mass is 366 g/mol. The third-order valence-electron chi connectivity index (χ3n) is 1.67. The molecule has 0 fully saturated rings. The van der Waals surface area contributed by atoms with Crippen LogP contribution < -0.4 is 0 Å². The van der Waals surface area contributed by atoms with Crippen LogP contribution >= 0.6 is 0 Å². The van der Waals surface area contributed by atoms with Crippen molar-refractivity contribution in [2.45, 2.75) is 20.8 Å². The topological polar surface area (TPSA) is 173 Å². The Morgan fingerprint density at radius 3 is 0.840 bits per heavy atom. The van der Waals surface area contributed by atoms with Gasteiger partial charge in [-0.2, -0.15) is 0 Å². The van der Waals surface area contributed by atoms with E-state index >= 15 is 0 Å². The van der Waals surface area contributed by atoms with Crippen molar-refractivity contribution in [3.05, 3.63) is 38.0 Å². The molecule has 0 saturated heterocycles. The van der Waals surface area contributed by atoms with Crippen LogP contribution in [0.2, 0.25) is 0 Å². The molecule has 0 bridgehead atoms. The van der Waals surface area contributed by atoms with Crippen LogP contribution in [0.1, 0.15) is 20.8 Å². The number of rotatable bonds is 6. The minimum atomic E-state index is -0.981. The molecular formula is C16H30O9. The second-order valence-corrected chi connectivity index (χ2v) is 3.91. The first-order valence-corrected chi connectivity index (χ1v) is 6.88. The maximum Gasteiger partial charge on any atom is 0.327 e. The maximum atomic E-state index is 9.25. The average molecular weight is 366 g/mol. The highest BCUT2D eigenvalue weighted by molar-refractivity contribution is 5.79. The highest BCUT2D eigenvalue weighted by Gasteiger charge is 2.20. The number of hydrogen-bond acceptors (Lipinski definition) is 6. The van der Waals surface area contributed by atoms with E-state index in [9.17, 15) is 14.4 Å². The minimum Gasteiger partial charge on any atom is -0.478 e. The van der Waals surface area contributed by atoms with E-state index in [1.807, 2.05) is 13.8 Å². The van der Waals surface area contributed by atoms with Gasteiger partial charge in [-0.1, -0.05) is 40.5 Å². The second kappa shape index (κ2) is 26.4. The number of hydrogen-bond donors (Lipinski definition) is 6. The van der Waals surface area contributed by atoms with E-state index in [0.29, 0.717) is 0 Å². The number of carbonyl (C=O) groups is 3. The highest BCUT2D eigenvalue weighted by Crippen LogP contribution is 2.10. The predicted molar refractivity (Wildman–Crippen MR) is 94.2 cm³/mol. The Balaban J connectivity index is -0.0000000703. The van der Waals surface area contributed by atoms with E-state index < -0.39 is 23.3 Å². The first-order valence-electron chi connectivity index (χ1n) is 6.88. The number of aliphatic hydroxyl groups excluding tert-OH is 3. The molecule has 0 aromatic heterocycles. The fourth-order valence-electron chi connectivity index (χ4n) is 0.150. The Kier molecular flexibility index (Phi) is 35.9. The Hall–Kier alpha value is -2.49. The molecule has 0 atom stereocenters. The lowest BCUT2D eigenvalue weighted by atomic mass is 9.95. The summed E-state index contributed by atoms with van der Waals surface area (Å²) < 4.78 is 0. The van der Waals surface area contributed by atoms with Crippen molar-refractivity contribution in [1.29, 1.82) is 0 Å². The van der Waals surface area contributed by atoms with Crippen LogP contribution in [-0.2, 0) is 14.4 Å². The van der Waals surface area contributed by atoms with Crippen molar-refractivity contribution >= 4 is 17.9 Å². The zero-order valence-corrected chi connectivity index (χ0v) is 14.9. The van der Waals surface area contributed by atoms with Gasteiger partial charge < -0.3 is 30.6 Å². The SMILES string of the molecule is C=CC(=O)O.C=CC(=O)O.C=CC(=O)O.CC.CC(CO)(CO)CO. The van der Waals surface area contributed by atoms with Gasteiger partial charge in [0.2, 0.25) is 0 Å². The lowest BCUT2D eigenvalue weighted by Crippen LogP contribution is -2.29. The molecule has 0 aromatic rings. The molecule has 0 saturated carbocycles. The Morgan fingerprint density at radius 1 is 0.720 bits per heavy atom. The summed E-state index contributed by atoms with van der Waals surface area (Å²) in [4.78, 5) is 27.8. The summed E-state index contributed by atoms with van der Waals surface area (Å²) in [6.45, 7) is 13.9. The van der Waals surface area contributed by atoms with Gasteiger partial charge in [0.05, 0.1) is 19.8 Å². The Morgan fingerprint density at radius 2 is 0.840 bits per heavy atom. The van der Waals surface area contributed by atoms with Crippen molar-refractivity contribution in [2.24, 2.45) is 5.41 Å². The predicted octanol–water partition coefficient (Wildman–Crippen LogP) is 0.767. The number of carboxylic acids is 3. The van der Waals surface area contributed by atoms with E-state index in [-0.39, 0.29) is 19.8 Å². The molecule has 148 valence electrons. The highest BCUT2D eigenvalue weighted by atomic mass is 16.4. The molecule has 0 aromatic carbocycles. The van der Waals surface area contributed by atoms with Crippen LogP contribution in [0.25, 0.3) is 0 Å². The van der Waals surface area contributed by atoms with Gasteiger partial charge in [0.15, 0.2) is 0 Å². The zero-order chi connectivity index (χ0) is 21.5. The van der Waals surface area contributed by atoms with Crippen LogP contribution in [0.4, 0.5) is 0 Å². The summed E-state index contributed by atoms with van der Waals surface area (Å²) in [6.07, 6.45) is 2.50. The molecule has 0 aliphatic heterocycles. The van der Waals surface area contributed by atoms with E-state index in [1.54, 1.807) is 6.92 Å². The largest absolute Gasteiger partial charge is 0.478 e. The van der Waals surface area contributed by atoms with Crippen molar-refractivity contribution in [3.63, 3.8) is 0 Å². The standard InChI is InChI=1S/C5H12O3.3C3H4O2.C2H6/c1-5(2-6,3-7)4-8;3*1-2-3(4)5;1-2/h6-8H,2-4H2,1H3;3*2H,1H2,(H,4,5);1-2H3. The molecule has 0 unspecified atom stereocenters. The maximum absolute atomic E-state index is 9.25. The molecule has 0 amide bonds. The third-order valence-corrected chi connectivity index (χ3v) is 1.67. The third kappa shape index (κ3) is 52.3. The van der Waals surface area contributed by atoms with E-state index in [0.717, 1.165) is 18.2 Å². The summed E-state index contributed by atoms with van der Waals surface area (Å²) >= 11 is 0. The fraction of sp³-hybridized carbons (Fsp3) is 0.438. The number of carboxylic acid groups (broad SMARTS) is 3. The summed E-state index contributed by atoms with van der Waals surface area (Å²) in [5.74, 6) is -2.94. The van der Waals surface area contributed by atoms with Gasteiger partial charge >= 0.3 is 17.9 Å².